The van der Waals surface area contributed by atoms with Gasteiger partial charge in [-0.3, -0.25) is 19.5 Å². The summed E-state index contributed by atoms with van der Waals surface area (Å²) in [6.07, 6.45) is 2.52. The van der Waals surface area contributed by atoms with Crippen LogP contribution in [-0.4, -0.2) is 32.0 Å². The summed E-state index contributed by atoms with van der Waals surface area (Å²) in [4.78, 5) is 32.5. The van der Waals surface area contributed by atoms with E-state index < -0.39 is 23.5 Å². The number of rotatable bonds is 6. The van der Waals surface area contributed by atoms with Crippen LogP contribution in [0.1, 0.15) is 65.6 Å². The first kappa shape index (κ1) is 22.3. The minimum Gasteiger partial charge on any atom is -0.503 e. The van der Waals surface area contributed by atoms with Crippen molar-refractivity contribution in [1.82, 2.24) is 15.2 Å². The number of pyridine rings is 1. The lowest BCUT2D eigenvalue weighted by atomic mass is 9.93. The van der Waals surface area contributed by atoms with Gasteiger partial charge in [-0.2, -0.15) is 5.10 Å². The molecule has 7 heteroatoms. The Morgan fingerprint density at radius 1 is 1.06 bits per heavy atom. The molecule has 0 fully saturated rings. The van der Waals surface area contributed by atoms with Crippen molar-refractivity contribution < 1.29 is 14.7 Å². The first-order valence-electron chi connectivity index (χ1n) is 11.0. The van der Waals surface area contributed by atoms with Crippen molar-refractivity contribution in [3.05, 3.63) is 94.1 Å². The summed E-state index contributed by atoms with van der Waals surface area (Å²) in [5.74, 6) is -1.17. The van der Waals surface area contributed by atoms with Crippen molar-refractivity contribution in [3.8, 4) is 0 Å². The van der Waals surface area contributed by atoms with Gasteiger partial charge in [0.1, 0.15) is 6.04 Å². The number of hydrogen-bond donors (Lipinski definition) is 1. The molecule has 3 aromatic rings. The van der Waals surface area contributed by atoms with Crippen molar-refractivity contribution in [2.45, 2.75) is 46.1 Å². The second-order valence-electron chi connectivity index (χ2n) is 8.42. The minimum absolute atomic E-state index is 0.0172. The average Bonchev–Trinajstić information content (AvgIpc) is 3.09. The summed E-state index contributed by atoms with van der Waals surface area (Å²) in [6.45, 7) is 7.95. The summed E-state index contributed by atoms with van der Waals surface area (Å²) in [7, 11) is 0. The van der Waals surface area contributed by atoms with E-state index in [1.807, 2.05) is 25.1 Å². The molecule has 1 unspecified atom stereocenters. The van der Waals surface area contributed by atoms with E-state index in [2.05, 4.69) is 29.0 Å². The standard InChI is InChI=1S/C26H26N4O3/c1-5-17-7-12-20(27-14-17)23-22(24(31)19-10-8-18(9-11-19)15(2)3)25(32)26(33)30(23)21-13-6-16(4)28-29-21/h6-15,23,32H,5H2,1-4H3. The predicted molar refractivity (Wildman–Crippen MR) is 125 cm³/mol. The lowest BCUT2D eigenvalue weighted by Gasteiger charge is -2.25. The van der Waals surface area contributed by atoms with Gasteiger partial charge in [0.2, 0.25) is 0 Å². The van der Waals surface area contributed by atoms with E-state index in [-0.39, 0.29) is 11.4 Å². The number of nitrogens with zero attached hydrogens (tertiary/aromatic N) is 4. The van der Waals surface area contributed by atoms with Gasteiger partial charge >= 0.3 is 0 Å². The summed E-state index contributed by atoms with van der Waals surface area (Å²) in [5, 5.41) is 19.0. The van der Waals surface area contributed by atoms with Crippen LogP contribution < -0.4 is 4.90 Å². The number of benzene rings is 1. The Labute approximate surface area is 192 Å². The van der Waals surface area contributed by atoms with Crippen LogP contribution in [0.5, 0.6) is 0 Å². The van der Waals surface area contributed by atoms with E-state index >= 15 is 0 Å². The Bertz CT molecular complexity index is 1210. The molecule has 33 heavy (non-hydrogen) atoms. The highest BCUT2D eigenvalue weighted by Gasteiger charge is 2.46. The maximum Gasteiger partial charge on any atom is 0.295 e. The Hall–Kier alpha value is -3.87. The third-order valence-electron chi connectivity index (χ3n) is 5.86. The summed E-state index contributed by atoms with van der Waals surface area (Å²) in [5.41, 5.74) is 3.64. The van der Waals surface area contributed by atoms with Crippen LogP contribution in [0.2, 0.25) is 0 Å². The number of amides is 1. The number of aryl methyl sites for hydroxylation is 2. The molecular formula is C26H26N4O3. The molecule has 1 amide bonds. The number of aliphatic hydroxyl groups is 1. The van der Waals surface area contributed by atoms with Crippen LogP contribution in [0.25, 0.3) is 0 Å². The van der Waals surface area contributed by atoms with Crippen molar-refractivity contribution >= 4 is 17.5 Å². The van der Waals surface area contributed by atoms with Crippen LogP contribution in [0.4, 0.5) is 5.82 Å². The largest absolute Gasteiger partial charge is 0.503 e. The number of aromatic nitrogens is 3. The van der Waals surface area contributed by atoms with Crippen LogP contribution in [-0.2, 0) is 11.2 Å². The fraction of sp³-hybridized carbons (Fsp3) is 0.269. The number of carbonyl (C=O) groups is 2. The zero-order valence-corrected chi connectivity index (χ0v) is 19.1. The molecule has 0 aliphatic carbocycles. The zero-order valence-electron chi connectivity index (χ0n) is 19.1. The average molecular weight is 443 g/mol. The molecule has 168 valence electrons. The Kier molecular flexibility index (Phi) is 6.05. The molecule has 1 aliphatic rings. The summed E-state index contributed by atoms with van der Waals surface area (Å²) < 4.78 is 0. The van der Waals surface area contributed by atoms with E-state index in [1.165, 1.54) is 4.90 Å². The quantitative estimate of drug-likeness (QED) is 0.558. The monoisotopic (exact) mass is 442 g/mol. The number of Topliss-reactive ketones (excluding diaryl/α,β-unsaturated/α-hetero) is 1. The van der Waals surface area contributed by atoms with Gasteiger partial charge in [-0.05, 0) is 48.6 Å². The molecule has 0 saturated heterocycles. The third-order valence-corrected chi connectivity index (χ3v) is 5.86. The number of hydrogen-bond acceptors (Lipinski definition) is 6. The molecule has 2 aromatic heterocycles. The molecule has 1 atom stereocenters. The maximum absolute atomic E-state index is 13.6. The smallest absolute Gasteiger partial charge is 0.295 e. The third kappa shape index (κ3) is 4.14. The van der Waals surface area contributed by atoms with Gasteiger partial charge in [-0.25, -0.2) is 0 Å². The van der Waals surface area contributed by atoms with Crippen molar-refractivity contribution in [2.24, 2.45) is 0 Å². The number of carbonyl (C=O) groups excluding carboxylic acids is 2. The van der Waals surface area contributed by atoms with Crippen LogP contribution >= 0.6 is 0 Å². The molecule has 4 rings (SSSR count). The molecule has 1 N–H and O–H groups in total. The van der Waals surface area contributed by atoms with E-state index in [0.29, 0.717) is 22.9 Å². The van der Waals surface area contributed by atoms with Crippen LogP contribution in [0.15, 0.2) is 66.1 Å². The van der Waals surface area contributed by atoms with Crippen molar-refractivity contribution in [1.29, 1.82) is 0 Å². The van der Waals surface area contributed by atoms with Gasteiger partial charge in [0, 0.05) is 11.8 Å². The van der Waals surface area contributed by atoms with E-state index in [0.717, 1.165) is 17.5 Å². The number of ketones is 1. The second-order valence-corrected chi connectivity index (χ2v) is 8.42. The minimum atomic E-state index is -0.919. The lowest BCUT2D eigenvalue weighted by Crippen LogP contribution is -2.32. The molecule has 1 aromatic carbocycles. The molecule has 0 radical (unpaired) electrons. The Morgan fingerprint density at radius 3 is 2.33 bits per heavy atom. The normalized spacial score (nSPS) is 16.1. The summed E-state index contributed by atoms with van der Waals surface area (Å²) >= 11 is 0. The molecule has 1 aliphatic heterocycles. The number of anilines is 1. The van der Waals surface area contributed by atoms with E-state index in [4.69, 9.17) is 0 Å². The molecule has 0 saturated carbocycles. The first-order valence-corrected chi connectivity index (χ1v) is 11.0. The lowest BCUT2D eigenvalue weighted by molar-refractivity contribution is -0.117. The fourth-order valence-electron chi connectivity index (χ4n) is 3.86. The second kappa shape index (κ2) is 8.94. The van der Waals surface area contributed by atoms with E-state index in [9.17, 15) is 14.7 Å². The molecular weight excluding hydrogens is 416 g/mol. The van der Waals surface area contributed by atoms with Gasteiger partial charge < -0.3 is 5.11 Å². The molecule has 7 nitrogen and oxygen atoms in total. The fourth-order valence-corrected chi connectivity index (χ4v) is 3.86. The molecule has 0 bridgehead atoms. The van der Waals surface area contributed by atoms with E-state index in [1.54, 1.807) is 43.5 Å². The van der Waals surface area contributed by atoms with Crippen LogP contribution in [0.3, 0.4) is 0 Å². The van der Waals surface area contributed by atoms with Gasteiger partial charge in [0.25, 0.3) is 5.91 Å². The van der Waals surface area contributed by atoms with Gasteiger partial charge in [-0.1, -0.05) is 51.1 Å². The summed E-state index contributed by atoms with van der Waals surface area (Å²) in [6, 6.07) is 13.4. The van der Waals surface area contributed by atoms with Crippen LogP contribution in [0, 0.1) is 6.92 Å². The van der Waals surface area contributed by atoms with Gasteiger partial charge in [0.15, 0.2) is 17.4 Å². The SMILES string of the molecule is CCc1ccc(C2C(C(=O)c3ccc(C(C)C)cc3)=C(O)C(=O)N2c2ccc(C)nn2)nc1. The highest BCUT2D eigenvalue weighted by molar-refractivity contribution is 6.20. The highest BCUT2D eigenvalue weighted by atomic mass is 16.3. The number of aliphatic hydroxyl groups excluding tert-OH is 1. The molecule has 0 spiro atoms. The zero-order chi connectivity index (χ0) is 23.7. The maximum atomic E-state index is 13.6. The highest BCUT2D eigenvalue weighted by Crippen LogP contribution is 2.40. The first-order chi connectivity index (χ1) is 15.8. The predicted octanol–water partition coefficient (Wildman–Crippen LogP) is 4.65. The van der Waals surface area contributed by atoms with Crippen molar-refractivity contribution in [3.63, 3.8) is 0 Å². The topological polar surface area (TPSA) is 96.3 Å². The van der Waals surface area contributed by atoms with Gasteiger partial charge in [0.05, 0.1) is 17.0 Å². The van der Waals surface area contributed by atoms with Gasteiger partial charge in [-0.15, -0.1) is 5.10 Å². The Morgan fingerprint density at radius 2 is 1.79 bits per heavy atom. The Balaban J connectivity index is 1.82. The molecule has 3 heterocycles. The van der Waals surface area contributed by atoms with Crippen molar-refractivity contribution in [2.75, 3.05) is 4.90 Å².